The van der Waals surface area contributed by atoms with Gasteiger partial charge in [-0.25, -0.2) is 4.39 Å². The molecular weight excluding hydrogens is 320 g/mol. The molecule has 3 heteroatoms. The van der Waals surface area contributed by atoms with Crippen molar-refractivity contribution in [2.24, 2.45) is 0 Å². The zero-order valence-electron chi connectivity index (χ0n) is 9.00. The zero-order valence-corrected chi connectivity index (χ0v) is 13.6. The molecule has 0 amide bonds. The van der Waals surface area contributed by atoms with Gasteiger partial charge in [-0.3, -0.25) is 0 Å². The molecule has 0 aliphatic carbocycles. The van der Waals surface area contributed by atoms with Crippen LogP contribution in [0.3, 0.4) is 0 Å². The van der Waals surface area contributed by atoms with Crippen molar-refractivity contribution in [3.63, 3.8) is 0 Å². The monoisotopic (exact) mass is 328 g/mol. The summed E-state index contributed by atoms with van der Waals surface area (Å²) in [6.07, 6.45) is 0. The second kappa shape index (κ2) is 6.93. The summed E-state index contributed by atoms with van der Waals surface area (Å²) in [5.41, 5.74) is 3.12. The molecule has 0 atom stereocenters. The van der Waals surface area contributed by atoms with Crippen molar-refractivity contribution in [2.75, 3.05) is 0 Å². The fraction of sp³-hybridized carbons (Fsp3) is 0.0769. The predicted octanol–water partition coefficient (Wildman–Crippen LogP) is 4.44. The Morgan fingerprint density at radius 3 is 2.31 bits per heavy atom. The van der Waals surface area contributed by atoms with E-state index in [2.05, 4.69) is 19.7 Å². The van der Waals surface area contributed by atoms with Crippen molar-refractivity contribution in [1.29, 1.82) is 0 Å². The standard InChI is InChI=1S/C13H10F.BrH.Zn/c1-10-9-12(14)7-8-13(10)11-5-3-2-4-6-11;;/h3-9H,1H3;1H;/q-1;;+2/p-1. The Labute approximate surface area is 112 Å². The van der Waals surface area contributed by atoms with Crippen molar-refractivity contribution in [1.82, 2.24) is 0 Å². The van der Waals surface area contributed by atoms with E-state index in [-0.39, 0.29) is 5.82 Å². The normalized spacial score (nSPS) is 9.31. The van der Waals surface area contributed by atoms with Crippen molar-refractivity contribution in [2.45, 2.75) is 6.92 Å². The minimum atomic E-state index is -0.186. The maximum absolute atomic E-state index is 12.9. The molecule has 0 aromatic heterocycles. The van der Waals surface area contributed by atoms with E-state index >= 15 is 0 Å². The molecule has 78 valence electrons. The summed E-state index contributed by atoms with van der Waals surface area (Å²) < 4.78 is 12.9. The molecule has 0 spiro atoms. The third-order valence-corrected chi connectivity index (χ3v) is 2.22. The fourth-order valence-electron chi connectivity index (χ4n) is 1.52. The molecule has 2 aromatic rings. The maximum atomic E-state index is 12.9. The topological polar surface area (TPSA) is 0 Å². The van der Waals surface area contributed by atoms with Gasteiger partial charge in [0.2, 0.25) is 0 Å². The van der Waals surface area contributed by atoms with Gasteiger partial charge in [0.15, 0.2) is 0 Å². The number of halogens is 2. The summed E-state index contributed by atoms with van der Waals surface area (Å²) in [6, 6.07) is 15.5. The second-order valence-electron chi connectivity index (χ2n) is 3.25. The minimum absolute atomic E-state index is 0.186. The first-order valence-electron chi connectivity index (χ1n) is 4.77. The number of aryl methyl sites for hydroxylation is 1. The Hall–Kier alpha value is -0.527. The van der Waals surface area contributed by atoms with Crippen LogP contribution in [-0.2, 0) is 16.3 Å². The van der Waals surface area contributed by atoms with E-state index in [4.69, 9.17) is 0 Å². The molecule has 0 saturated heterocycles. The van der Waals surface area contributed by atoms with E-state index in [0.29, 0.717) is 0 Å². The molecule has 0 aliphatic rings. The number of benzene rings is 2. The van der Waals surface area contributed by atoms with Gasteiger partial charge in [-0.05, 0) is 30.2 Å². The summed E-state index contributed by atoms with van der Waals surface area (Å²) in [5.74, 6) is -0.186. The summed E-state index contributed by atoms with van der Waals surface area (Å²) in [7, 11) is 0. The van der Waals surface area contributed by atoms with E-state index < -0.39 is 0 Å². The van der Waals surface area contributed by atoms with Crippen LogP contribution in [0.2, 0.25) is 0 Å². The molecule has 0 fully saturated rings. The van der Waals surface area contributed by atoms with E-state index in [1.807, 2.05) is 31.2 Å². The SMILES string of the molecule is Cc1cc(F)ccc1-c1cc[c-]cc1.[Zn+][Br]. The van der Waals surface area contributed by atoms with Gasteiger partial charge >= 0.3 is 30.0 Å². The molecule has 0 aliphatic heterocycles. The average molecular weight is 331 g/mol. The molecule has 0 nitrogen and oxygen atoms in total. The van der Waals surface area contributed by atoms with Gasteiger partial charge in [-0.15, -0.1) is 5.56 Å². The van der Waals surface area contributed by atoms with Crippen LogP contribution in [0.25, 0.3) is 11.1 Å². The zero-order chi connectivity index (χ0) is 12.0. The predicted molar refractivity (Wildman–Crippen MR) is 64.3 cm³/mol. The van der Waals surface area contributed by atoms with Gasteiger partial charge in [0.05, 0.1) is 0 Å². The Morgan fingerprint density at radius 1 is 1.12 bits per heavy atom. The van der Waals surface area contributed by atoms with Gasteiger partial charge in [-0.2, -0.15) is 30.3 Å². The summed E-state index contributed by atoms with van der Waals surface area (Å²) >= 11 is 4.25. The van der Waals surface area contributed by atoms with Crippen LogP contribution in [0.4, 0.5) is 4.39 Å². The molecule has 0 unspecified atom stereocenters. The Kier molecular flexibility index (Phi) is 5.86. The molecule has 0 heterocycles. The average Bonchev–Trinajstić information content (AvgIpc) is 2.33. The molecule has 0 bridgehead atoms. The summed E-state index contributed by atoms with van der Waals surface area (Å²) in [6.45, 7) is 1.91. The summed E-state index contributed by atoms with van der Waals surface area (Å²) in [4.78, 5) is 0. The van der Waals surface area contributed by atoms with E-state index in [1.54, 1.807) is 12.1 Å². The number of hydrogen-bond acceptors (Lipinski definition) is 0. The molecule has 0 saturated carbocycles. The fourth-order valence-corrected chi connectivity index (χ4v) is 1.52. The van der Waals surface area contributed by atoms with E-state index in [0.717, 1.165) is 16.7 Å². The third kappa shape index (κ3) is 3.50. The van der Waals surface area contributed by atoms with E-state index in [1.165, 1.54) is 22.4 Å². The molecular formula is C13H10BrFZn. The van der Waals surface area contributed by atoms with Crippen LogP contribution in [0.1, 0.15) is 5.56 Å². The first-order chi connectivity index (χ1) is 7.77. The summed E-state index contributed by atoms with van der Waals surface area (Å²) in [5, 5.41) is 0. The van der Waals surface area contributed by atoms with Crippen LogP contribution in [0.15, 0.2) is 42.5 Å². The van der Waals surface area contributed by atoms with Crippen molar-refractivity contribution < 1.29 is 20.7 Å². The first kappa shape index (κ1) is 13.5. The van der Waals surface area contributed by atoms with Gasteiger partial charge in [0, 0.05) is 0 Å². The van der Waals surface area contributed by atoms with Crippen LogP contribution in [-0.4, -0.2) is 0 Å². The van der Waals surface area contributed by atoms with Crippen LogP contribution < -0.4 is 0 Å². The van der Waals surface area contributed by atoms with Gasteiger partial charge in [0.25, 0.3) is 0 Å². The Bertz CT molecular complexity index is 443. The number of rotatable bonds is 1. The molecule has 16 heavy (non-hydrogen) atoms. The van der Waals surface area contributed by atoms with Crippen LogP contribution in [0, 0.1) is 18.8 Å². The second-order valence-corrected chi connectivity index (χ2v) is 3.25. The van der Waals surface area contributed by atoms with Crippen molar-refractivity contribution in [3.8, 4) is 11.1 Å². The molecule has 2 aromatic carbocycles. The molecule has 0 N–H and O–H groups in total. The van der Waals surface area contributed by atoms with Gasteiger partial charge < -0.3 is 0 Å². The molecule has 0 radical (unpaired) electrons. The Balaban J connectivity index is 0.000000606. The van der Waals surface area contributed by atoms with E-state index in [9.17, 15) is 4.39 Å². The van der Waals surface area contributed by atoms with Gasteiger partial charge in [-0.1, -0.05) is 6.07 Å². The van der Waals surface area contributed by atoms with Crippen LogP contribution >= 0.6 is 13.6 Å². The third-order valence-electron chi connectivity index (χ3n) is 2.22. The van der Waals surface area contributed by atoms with Gasteiger partial charge in [0.1, 0.15) is 5.82 Å². The number of hydrogen-bond donors (Lipinski definition) is 0. The molecule has 2 rings (SSSR count). The Morgan fingerprint density at radius 2 is 1.75 bits per heavy atom. The quantitative estimate of drug-likeness (QED) is 0.535. The van der Waals surface area contributed by atoms with Crippen molar-refractivity contribution >= 4 is 13.6 Å². The van der Waals surface area contributed by atoms with Crippen LogP contribution in [0.5, 0.6) is 0 Å². The first-order valence-corrected chi connectivity index (χ1v) is 11.7. The van der Waals surface area contributed by atoms with Crippen molar-refractivity contribution in [3.05, 3.63) is 59.9 Å².